The number of nitrogens with one attached hydrogen (secondary N) is 2. The summed E-state index contributed by atoms with van der Waals surface area (Å²) >= 11 is 0. The molecular weight excluding hydrogens is 204 g/mol. The monoisotopic (exact) mass is 226 g/mol. The first-order valence-electron chi connectivity index (χ1n) is 6.37. The summed E-state index contributed by atoms with van der Waals surface area (Å²) in [5.74, 6) is 1.10. The smallest absolute Gasteiger partial charge is 0.249 e. The van der Waals surface area contributed by atoms with Crippen LogP contribution in [0.4, 0.5) is 0 Å². The molecule has 2 unspecified atom stereocenters. The zero-order chi connectivity index (χ0) is 11.4. The second-order valence-electron chi connectivity index (χ2n) is 5.00. The van der Waals surface area contributed by atoms with Gasteiger partial charge in [0.05, 0.1) is 0 Å². The predicted octanol–water partition coefficient (Wildman–Crippen LogP) is 0.527. The number of hydrogen-bond acceptors (Lipinski definition) is 3. The van der Waals surface area contributed by atoms with E-state index in [1.165, 1.54) is 12.8 Å². The van der Waals surface area contributed by atoms with Crippen LogP contribution in [-0.2, 0) is 9.53 Å². The molecule has 0 spiro atoms. The molecule has 2 atom stereocenters. The Hall–Kier alpha value is -0.610. The van der Waals surface area contributed by atoms with E-state index in [9.17, 15) is 4.79 Å². The van der Waals surface area contributed by atoms with Gasteiger partial charge < -0.3 is 15.4 Å². The molecule has 2 aliphatic rings. The molecule has 4 heteroatoms. The maximum absolute atomic E-state index is 11.8. The van der Waals surface area contributed by atoms with Crippen LogP contribution in [0.2, 0.25) is 0 Å². The van der Waals surface area contributed by atoms with Crippen molar-refractivity contribution in [1.29, 1.82) is 0 Å². The van der Waals surface area contributed by atoms with Crippen molar-refractivity contribution in [1.82, 2.24) is 10.6 Å². The van der Waals surface area contributed by atoms with Gasteiger partial charge in [0.15, 0.2) is 0 Å². The minimum atomic E-state index is -0.207. The highest BCUT2D eigenvalue weighted by atomic mass is 16.5. The van der Waals surface area contributed by atoms with E-state index in [2.05, 4.69) is 17.6 Å². The molecule has 2 aliphatic heterocycles. The number of carbonyl (C=O) groups excluding carboxylic acids is 1. The van der Waals surface area contributed by atoms with Gasteiger partial charge in [0.2, 0.25) is 5.91 Å². The van der Waals surface area contributed by atoms with E-state index in [-0.39, 0.29) is 12.0 Å². The lowest BCUT2D eigenvalue weighted by Crippen LogP contribution is -2.41. The number of ether oxygens (including phenoxy) is 1. The van der Waals surface area contributed by atoms with Crippen molar-refractivity contribution in [2.24, 2.45) is 11.8 Å². The van der Waals surface area contributed by atoms with Gasteiger partial charge in [-0.15, -0.1) is 0 Å². The Bertz CT molecular complexity index is 239. The highest BCUT2D eigenvalue weighted by Crippen LogP contribution is 2.20. The standard InChI is InChI=1S/C12H22N2O2/c1-9-4-7-16-11(9)12(15)14-8-10-2-5-13-6-3-10/h9-11,13H,2-8H2,1H3,(H,14,15). The molecule has 0 aromatic carbocycles. The minimum absolute atomic E-state index is 0.0866. The molecule has 2 rings (SSSR count). The first-order chi connectivity index (χ1) is 7.77. The molecule has 0 aromatic heterocycles. The Kier molecular flexibility index (Phi) is 4.18. The Morgan fingerprint density at radius 3 is 2.75 bits per heavy atom. The van der Waals surface area contributed by atoms with Crippen LogP contribution in [0, 0.1) is 11.8 Å². The van der Waals surface area contributed by atoms with E-state index in [1.54, 1.807) is 0 Å². The summed E-state index contributed by atoms with van der Waals surface area (Å²) in [5.41, 5.74) is 0. The molecule has 0 radical (unpaired) electrons. The van der Waals surface area contributed by atoms with Crippen molar-refractivity contribution < 1.29 is 9.53 Å². The third-order valence-electron chi connectivity index (χ3n) is 3.67. The second kappa shape index (κ2) is 5.64. The lowest BCUT2D eigenvalue weighted by atomic mass is 9.97. The summed E-state index contributed by atoms with van der Waals surface area (Å²) in [6.45, 7) is 5.79. The van der Waals surface area contributed by atoms with Gasteiger partial charge in [-0.1, -0.05) is 6.92 Å². The Labute approximate surface area is 97.1 Å². The van der Waals surface area contributed by atoms with Crippen molar-refractivity contribution in [3.8, 4) is 0 Å². The van der Waals surface area contributed by atoms with Crippen molar-refractivity contribution in [2.75, 3.05) is 26.2 Å². The molecule has 2 fully saturated rings. The maximum atomic E-state index is 11.8. The van der Waals surface area contributed by atoms with Crippen molar-refractivity contribution in [2.45, 2.75) is 32.3 Å². The SMILES string of the molecule is CC1CCOC1C(=O)NCC1CCNCC1. The fourth-order valence-electron chi connectivity index (χ4n) is 2.46. The Morgan fingerprint density at radius 1 is 1.38 bits per heavy atom. The summed E-state index contributed by atoms with van der Waals surface area (Å²) in [7, 11) is 0. The highest BCUT2D eigenvalue weighted by Gasteiger charge is 2.30. The van der Waals surface area contributed by atoms with Crippen LogP contribution in [0.1, 0.15) is 26.2 Å². The molecule has 0 aromatic rings. The third-order valence-corrected chi connectivity index (χ3v) is 3.67. The fraction of sp³-hybridized carbons (Fsp3) is 0.917. The minimum Gasteiger partial charge on any atom is -0.368 e. The summed E-state index contributed by atoms with van der Waals surface area (Å²) in [5, 5.41) is 6.36. The van der Waals surface area contributed by atoms with Gasteiger partial charge in [-0.25, -0.2) is 0 Å². The zero-order valence-corrected chi connectivity index (χ0v) is 10.00. The molecule has 2 N–H and O–H groups in total. The van der Waals surface area contributed by atoms with Crippen molar-refractivity contribution in [3.05, 3.63) is 0 Å². The first-order valence-corrected chi connectivity index (χ1v) is 6.37. The van der Waals surface area contributed by atoms with Crippen LogP contribution in [0.5, 0.6) is 0 Å². The van der Waals surface area contributed by atoms with Crippen LogP contribution in [0.15, 0.2) is 0 Å². The largest absolute Gasteiger partial charge is 0.368 e. The van der Waals surface area contributed by atoms with Gasteiger partial charge in [0.1, 0.15) is 6.10 Å². The Morgan fingerprint density at radius 2 is 2.12 bits per heavy atom. The van der Waals surface area contributed by atoms with E-state index in [1.807, 2.05) is 0 Å². The van der Waals surface area contributed by atoms with Gasteiger partial charge in [-0.3, -0.25) is 4.79 Å². The summed E-state index contributed by atoms with van der Waals surface area (Å²) in [4.78, 5) is 11.8. The lowest BCUT2D eigenvalue weighted by molar-refractivity contribution is -0.131. The van der Waals surface area contributed by atoms with Crippen LogP contribution in [-0.4, -0.2) is 38.3 Å². The molecule has 16 heavy (non-hydrogen) atoms. The van der Waals surface area contributed by atoms with Crippen LogP contribution in [0.3, 0.4) is 0 Å². The zero-order valence-electron chi connectivity index (χ0n) is 10.00. The quantitative estimate of drug-likeness (QED) is 0.738. The summed E-state index contributed by atoms with van der Waals surface area (Å²) in [6.07, 6.45) is 3.13. The highest BCUT2D eigenvalue weighted by molar-refractivity contribution is 5.81. The molecule has 0 bridgehead atoms. The number of hydrogen-bond donors (Lipinski definition) is 2. The average Bonchev–Trinajstić information content (AvgIpc) is 2.74. The third kappa shape index (κ3) is 2.95. The number of piperidine rings is 1. The fourth-order valence-corrected chi connectivity index (χ4v) is 2.46. The normalized spacial score (nSPS) is 31.6. The molecule has 0 aliphatic carbocycles. The summed E-state index contributed by atoms with van der Waals surface area (Å²) < 4.78 is 5.44. The molecule has 1 amide bonds. The van der Waals surface area contributed by atoms with Crippen LogP contribution < -0.4 is 10.6 Å². The molecular formula is C12H22N2O2. The van der Waals surface area contributed by atoms with Crippen LogP contribution >= 0.6 is 0 Å². The van der Waals surface area contributed by atoms with Crippen molar-refractivity contribution in [3.63, 3.8) is 0 Å². The molecule has 2 saturated heterocycles. The average molecular weight is 226 g/mol. The van der Waals surface area contributed by atoms with Gasteiger partial charge in [-0.05, 0) is 44.2 Å². The van der Waals surface area contributed by atoms with E-state index >= 15 is 0 Å². The van der Waals surface area contributed by atoms with E-state index < -0.39 is 0 Å². The predicted molar refractivity (Wildman–Crippen MR) is 62.1 cm³/mol. The molecule has 92 valence electrons. The second-order valence-corrected chi connectivity index (χ2v) is 5.00. The molecule has 0 saturated carbocycles. The number of carbonyl (C=O) groups is 1. The van der Waals surface area contributed by atoms with Gasteiger partial charge in [-0.2, -0.15) is 0 Å². The van der Waals surface area contributed by atoms with E-state index in [0.717, 1.165) is 32.7 Å². The molecule has 4 nitrogen and oxygen atoms in total. The van der Waals surface area contributed by atoms with Gasteiger partial charge >= 0.3 is 0 Å². The van der Waals surface area contributed by atoms with Crippen LogP contribution in [0.25, 0.3) is 0 Å². The first kappa shape index (κ1) is 11.9. The lowest BCUT2D eigenvalue weighted by Gasteiger charge is -2.23. The van der Waals surface area contributed by atoms with E-state index in [4.69, 9.17) is 4.74 Å². The van der Waals surface area contributed by atoms with Gasteiger partial charge in [0.25, 0.3) is 0 Å². The van der Waals surface area contributed by atoms with Crippen molar-refractivity contribution >= 4 is 5.91 Å². The maximum Gasteiger partial charge on any atom is 0.249 e. The summed E-state index contributed by atoms with van der Waals surface area (Å²) in [6, 6.07) is 0. The molecule has 2 heterocycles. The van der Waals surface area contributed by atoms with Gasteiger partial charge in [0, 0.05) is 13.2 Å². The number of rotatable bonds is 3. The topological polar surface area (TPSA) is 50.4 Å². The van der Waals surface area contributed by atoms with E-state index in [0.29, 0.717) is 11.8 Å². The number of amides is 1. The Balaban J connectivity index is 1.70.